The van der Waals surface area contributed by atoms with E-state index < -0.39 is 267 Å². The van der Waals surface area contributed by atoms with Crippen molar-refractivity contribution < 1.29 is 127 Å². The number of aromatic hydroxyl groups is 3. The fraction of sp³-hybridized carbons (Fsp3) is 0.464. The summed E-state index contributed by atoms with van der Waals surface area (Å²) in [7, 11) is 0. The number of fused-ring (bicyclic) bond motifs is 1. The number of amides is 17. The van der Waals surface area contributed by atoms with Crippen LogP contribution in [-0.4, -0.2) is 275 Å². The van der Waals surface area contributed by atoms with Crippen LogP contribution in [0.3, 0.4) is 0 Å². The van der Waals surface area contributed by atoms with Gasteiger partial charge in [0, 0.05) is 42.9 Å². The minimum absolute atomic E-state index is 0.00931. The summed E-state index contributed by atoms with van der Waals surface area (Å²) in [5.74, 6) is -24.1. The standard InChI is InChI=1S/C84H113N19O26/c1-8-42(6)70(102-72(117)52(85)28-44-15-21-48(106)22-16-44)83(128)98-59(30-46-19-25-50(108)26-20-46)84(129)103-27-11-14-62(103)80(125)95-57(33-64(87)110)76(121)93-54(29-45-17-23-49(107)24-18-45)73(118)89-36-65(111)92-60(38-104)79(124)101-69(41(4)5)82(127)97-58(34-66(112)113)75(120)91-43(7)71(116)99-61(39-105)78(123)94-55(31-47-35-88-53-13-10-9-12-51(47)53)77(122)100-68(40(2)3)81(126)96-56(32-63(86)109)74(119)90-37-67(114)115/h9-10,12-13,15-26,35,40-43,52,54-62,68-70,88,104-108H,8,11,14,27-34,36-39,85H2,1-7H3,(H2,86,109)(H2,87,110)(H,89,118)(H,90,119)(H,91,120)(H,92,111)(H,93,121)(H,94,123)(H,95,125)(H,96,126)(H,97,127)(H,98,128)(H,99,116)(H,100,122)(H,101,124)(H,102,117)(H,112,113)(H,114,115)/t42-,43-,52-,54-,55-,56-,57-,58-,59-,60-,61-,62-,68-,69-,70-/m0/s1. The number of carboxylic acids is 2. The SMILES string of the molecule is CC[C@H](C)[C@H](NC(=O)[C@@H](N)Cc1ccc(O)cc1)C(=O)N[C@@H](Cc1ccc(O)cc1)C(=O)N1CCC[C@H]1C(=O)N[C@@H](CC(N)=O)C(=O)N[C@@H](Cc1ccc(O)cc1)C(=O)NCC(=O)N[C@@H](CO)C(=O)N[C@H](C(=O)N[C@@H](CC(=O)O)C(=O)N[C@@H](C)C(=O)N[C@@H](CO)C(=O)N[C@@H](Cc1c[nH]c2ccccc12)C(=O)N[C@H](C(=O)N[C@@H](CC(N)=O)C(=O)NCC(=O)O)C(C)C)C(C)C. The van der Waals surface area contributed by atoms with E-state index >= 15 is 0 Å². The molecule has 0 radical (unpaired) electrons. The van der Waals surface area contributed by atoms with Crippen molar-refractivity contribution in [2.75, 3.05) is 32.8 Å². The highest BCUT2D eigenvalue weighted by Gasteiger charge is 2.43. The number of aliphatic hydroxyl groups is 2. The van der Waals surface area contributed by atoms with Crippen LogP contribution in [0.15, 0.2) is 103 Å². The minimum Gasteiger partial charge on any atom is -0.508 e. The molecule has 0 bridgehead atoms. The van der Waals surface area contributed by atoms with E-state index in [2.05, 4.69) is 74.1 Å². The predicted octanol–water partition coefficient (Wildman–Crippen LogP) is -6.40. The molecule has 0 unspecified atom stereocenters. The number of nitrogens with zero attached hydrogens (tertiary/aromatic N) is 1. The monoisotopic (exact) mass is 1800 g/mol. The summed E-state index contributed by atoms with van der Waals surface area (Å²) in [6, 6.07) is 0.725. The molecule has 1 fully saturated rings. The van der Waals surface area contributed by atoms with Crippen LogP contribution in [0.2, 0.25) is 0 Å². The second kappa shape index (κ2) is 49.5. The van der Waals surface area contributed by atoms with Crippen LogP contribution in [-0.2, 0) is 117 Å². The number of carboxylic acid groups (broad SMARTS) is 2. The van der Waals surface area contributed by atoms with E-state index in [4.69, 9.17) is 22.3 Å². The number of phenols is 3. The quantitative estimate of drug-likeness (QED) is 0.0172. The van der Waals surface area contributed by atoms with Gasteiger partial charge in [-0.2, -0.15) is 0 Å². The smallest absolute Gasteiger partial charge is 0.322 e. The second-order valence-electron chi connectivity index (χ2n) is 31.7. The van der Waals surface area contributed by atoms with Crippen molar-refractivity contribution in [1.29, 1.82) is 0 Å². The number of rotatable bonds is 50. The first kappa shape index (κ1) is 103. The molecule has 0 spiro atoms. The molecule has 700 valence electrons. The van der Waals surface area contributed by atoms with Gasteiger partial charge in [0.2, 0.25) is 100 Å². The summed E-state index contributed by atoms with van der Waals surface area (Å²) in [4.78, 5) is 262. The van der Waals surface area contributed by atoms with Gasteiger partial charge in [0.25, 0.3) is 0 Å². The van der Waals surface area contributed by atoms with Gasteiger partial charge in [0.1, 0.15) is 102 Å². The Balaban J connectivity index is 1.10. The Morgan fingerprint density at radius 1 is 0.426 bits per heavy atom. The molecule has 15 atom stereocenters. The van der Waals surface area contributed by atoms with E-state index in [0.717, 1.165) is 11.8 Å². The summed E-state index contributed by atoms with van der Waals surface area (Å²) >= 11 is 0. The van der Waals surface area contributed by atoms with Crippen LogP contribution in [0, 0.1) is 17.8 Å². The van der Waals surface area contributed by atoms with Crippen molar-refractivity contribution in [1.82, 2.24) is 84.3 Å². The third-order valence-electron chi connectivity index (χ3n) is 20.9. The Hall–Kier alpha value is -14.4. The number of aromatic nitrogens is 1. The number of H-pyrrole nitrogens is 1. The first-order valence-electron chi connectivity index (χ1n) is 41.3. The second-order valence-corrected chi connectivity index (χ2v) is 31.7. The Bertz CT molecular complexity index is 4860. The number of aromatic amines is 1. The highest BCUT2D eigenvalue weighted by Crippen LogP contribution is 2.24. The number of aliphatic carboxylic acids is 2. The Morgan fingerprint density at radius 3 is 1.34 bits per heavy atom. The van der Waals surface area contributed by atoms with E-state index in [9.17, 15) is 122 Å². The number of carbonyl (C=O) groups is 19. The summed E-state index contributed by atoms with van der Waals surface area (Å²) in [5, 5.41) is 103. The Labute approximate surface area is 739 Å². The lowest BCUT2D eigenvalue weighted by Crippen LogP contribution is -2.61. The van der Waals surface area contributed by atoms with Crippen LogP contribution in [0.4, 0.5) is 0 Å². The Morgan fingerprint density at radius 2 is 0.837 bits per heavy atom. The van der Waals surface area contributed by atoms with Crippen molar-refractivity contribution in [2.45, 2.75) is 197 Å². The van der Waals surface area contributed by atoms with Gasteiger partial charge in [-0.15, -0.1) is 0 Å². The van der Waals surface area contributed by atoms with E-state index in [0.29, 0.717) is 34.0 Å². The predicted molar refractivity (Wildman–Crippen MR) is 456 cm³/mol. The van der Waals surface area contributed by atoms with Crippen LogP contribution in [0.25, 0.3) is 10.9 Å². The van der Waals surface area contributed by atoms with Gasteiger partial charge < -0.3 is 137 Å². The topological polar surface area (TPSA) is 731 Å². The molecule has 0 aliphatic carbocycles. The highest BCUT2D eigenvalue weighted by atomic mass is 16.4. The number of benzene rings is 4. The zero-order valence-electron chi connectivity index (χ0n) is 71.8. The number of para-hydroxylation sites is 1. The molecule has 28 N–H and O–H groups in total. The lowest BCUT2D eigenvalue weighted by Gasteiger charge is -2.32. The molecule has 6 rings (SSSR count). The maximum atomic E-state index is 14.9. The molecular weight excluding hydrogens is 1690 g/mol. The fourth-order valence-electron chi connectivity index (χ4n) is 13.6. The van der Waals surface area contributed by atoms with Crippen LogP contribution >= 0.6 is 0 Å². The van der Waals surface area contributed by atoms with Crippen molar-refractivity contribution in [3.8, 4) is 17.2 Å². The number of nitrogens with two attached hydrogens (primary N) is 3. The molecule has 4 aromatic carbocycles. The largest absolute Gasteiger partial charge is 0.508 e. The van der Waals surface area contributed by atoms with Crippen molar-refractivity contribution in [3.63, 3.8) is 0 Å². The molecule has 45 nitrogen and oxygen atoms in total. The molecule has 17 amide bonds. The van der Waals surface area contributed by atoms with Gasteiger partial charge >= 0.3 is 11.9 Å². The first-order chi connectivity index (χ1) is 60.9. The molecule has 1 aliphatic rings. The van der Waals surface area contributed by atoms with E-state index in [1.54, 1.807) is 50.2 Å². The zero-order valence-corrected chi connectivity index (χ0v) is 71.8. The van der Waals surface area contributed by atoms with Crippen molar-refractivity contribution >= 4 is 123 Å². The summed E-state index contributed by atoms with van der Waals surface area (Å²) in [6.07, 6.45) is -1.67. The van der Waals surface area contributed by atoms with Gasteiger partial charge in [0.05, 0.1) is 45.1 Å². The minimum atomic E-state index is -2.04. The maximum Gasteiger partial charge on any atom is 0.322 e. The average Bonchev–Trinajstić information content (AvgIpc) is 1.71. The molecule has 5 aromatic rings. The molecular formula is C84H113N19O26. The summed E-state index contributed by atoms with van der Waals surface area (Å²) < 4.78 is 0. The first-order valence-corrected chi connectivity index (χ1v) is 41.3. The maximum absolute atomic E-state index is 14.9. The third-order valence-corrected chi connectivity index (χ3v) is 20.9. The number of aliphatic hydroxyl groups excluding tert-OH is 2. The molecule has 129 heavy (non-hydrogen) atoms. The van der Waals surface area contributed by atoms with Gasteiger partial charge in [-0.1, -0.05) is 103 Å². The number of nitrogens with one attached hydrogen (secondary N) is 15. The van der Waals surface area contributed by atoms with E-state index in [1.807, 2.05) is 5.32 Å². The van der Waals surface area contributed by atoms with E-state index in [1.165, 1.54) is 94.6 Å². The highest BCUT2D eigenvalue weighted by molar-refractivity contribution is 6.02. The number of primary amides is 2. The molecule has 2 heterocycles. The van der Waals surface area contributed by atoms with Gasteiger partial charge in [0.15, 0.2) is 0 Å². The Kier molecular flexibility index (Phi) is 39.7. The fourth-order valence-corrected chi connectivity index (χ4v) is 13.6. The van der Waals surface area contributed by atoms with Crippen LogP contribution < -0.4 is 91.6 Å². The molecule has 1 aromatic heterocycles. The van der Waals surface area contributed by atoms with Crippen molar-refractivity contribution in [3.05, 3.63) is 126 Å². The van der Waals surface area contributed by atoms with Gasteiger partial charge in [-0.05, 0) is 109 Å². The molecule has 1 aliphatic heterocycles. The van der Waals surface area contributed by atoms with Crippen LogP contribution in [0.1, 0.15) is 109 Å². The number of hydrogen-bond acceptors (Lipinski definition) is 25. The van der Waals surface area contributed by atoms with Gasteiger partial charge in [-0.3, -0.25) is 91.1 Å². The molecule has 0 saturated carbocycles. The number of phenolic OH excluding ortho intramolecular Hbond substituents is 3. The summed E-state index contributed by atoms with van der Waals surface area (Å²) in [5.41, 5.74) is 19.6. The third kappa shape index (κ3) is 32.2. The van der Waals surface area contributed by atoms with Crippen molar-refractivity contribution in [2.24, 2.45) is 35.0 Å². The number of carbonyl (C=O) groups excluding carboxylic acids is 17. The summed E-state index contributed by atoms with van der Waals surface area (Å²) in [6.45, 7) is 5.97. The van der Waals surface area contributed by atoms with Crippen LogP contribution in [0.5, 0.6) is 17.2 Å². The molecule has 45 heteroatoms. The zero-order chi connectivity index (χ0) is 95.8. The lowest BCUT2D eigenvalue weighted by atomic mass is 9.96. The normalized spacial score (nSPS) is 15.6. The van der Waals surface area contributed by atoms with E-state index in [-0.39, 0.29) is 61.5 Å². The number of hydrogen-bond donors (Lipinski definition) is 25. The average molecular weight is 1800 g/mol. The van der Waals surface area contributed by atoms with Gasteiger partial charge in [-0.25, -0.2) is 0 Å². The lowest BCUT2D eigenvalue weighted by molar-refractivity contribution is -0.143. The number of likely N-dealkylation sites (tertiary alicyclic amines) is 1. The molecule has 1 saturated heterocycles.